The number of esters is 1. The summed E-state index contributed by atoms with van der Waals surface area (Å²) in [7, 11) is 0. The predicted molar refractivity (Wildman–Crippen MR) is 84.3 cm³/mol. The van der Waals surface area contributed by atoms with Crippen molar-refractivity contribution in [2.75, 3.05) is 0 Å². The van der Waals surface area contributed by atoms with Crippen LogP contribution in [0.15, 0.2) is 48.8 Å². The summed E-state index contributed by atoms with van der Waals surface area (Å²) in [5.74, 6) is -1.15. The molecule has 0 fully saturated rings. The molecule has 23 heavy (non-hydrogen) atoms. The number of nitrogens with two attached hydrogens (primary N) is 1. The van der Waals surface area contributed by atoms with Crippen LogP contribution in [0.3, 0.4) is 0 Å². The Morgan fingerprint density at radius 2 is 1.96 bits per heavy atom. The van der Waals surface area contributed by atoms with E-state index in [2.05, 4.69) is 4.98 Å². The average Bonchev–Trinajstić information content (AvgIpc) is 2.94. The Kier molecular flexibility index (Phi) is 3.99. The van der Waals surface area contributed by atoms with Crippen LogP contribution in [-0.2, 0) is 11.3 Å². The Morgan fingerprint density at radius 3 is 2.74 bits per heavy atom. The van der Waals surface area contributed by atoms with Gasteiger partial charge in [0.1, 0.15) is 12.3 Å². The SMILES string of the molecule is NC(=O)c1cccc(C(=O)OCc2cn3cc(Cl)ccc3n2)c1. The molecule has 3 rings (SSSR count). The van der Waals surface area contributed by atoms with Crippen LogP contribution in [0, 0.1) is 0 Å². The van der Waals surface area contributed by atoms with Gasteiger partial charge in [-0.25, -0.2) is 9.78 Å². The fourth-order valence-electron chi connectivity index (χ4n) is 2.11. The normalized spacial score (nSPS) is 10.7. The topological polar surface area (TPSA) is 86.7 Å². The fraction of sp³-hybridized carbons (Fsp3) is 0.0625. The molecule has 0 aliphatic heterocycles. The molecular weight excluding hydrogens is 318 g/mol. The summed E-state index contributed by atoms with van der Waals surface area (Å²) in [5.41, 5.74) is 6.99. The van der Waals surface area contributed by atoms with Crippen LogP contribution < -0.4 is 5.73 Å². The summed E-state index contributed by atoms with van der Waals surface area (Å²) in [6, 6.07) is 9.56. The minimum Gasteiger partial charge on any atom is -0.456 e. The van der Waals surface area contributed by atoms with Gasteiger partial charge in [-0.2, -0.15) is 0 Å². The molecule has 2 heterocycles. The lowest BCUT2D eigenvalue weighted by molar-refractivity contribution is 0.0468. The maximum absolute atomic E-state index is 12.0. The summed E-state index contributed by atoms with van der Waals surface area (Å²) in [4.78, 5) is 27.5. The molecule has 3 aromatic rings. The third kappa shape index (κ3) is 3.32. The highest BCUT2D eigenvalue weighted by molar-refractivity contribution is 6.30. The van der Waals surface area contributed by atoms with Crippen molar-refractivity contribution >= 4 is 29.1 Å². The number of benzene rings is 1. The lowest BCUT2D eigenvalue weighted by atomic mass is 10.1. The van der Waals surface area contributed by atoms with Crippen LogP contribution in [0.4, 0.5) is 0 Å². The zero-order valence-corrected chi connectivity index (χ0v) is 12.7. The van der Waals surface area contributed by atoms with E-state index in [0.717, 1.165) is 0 Å². The standard InChI is InChI=1S/C16H12ClN3O3/c17-12-4-5-14-19-13(8-20(14)7-12)9-23-16(22)11-3-1-2-10(6-11)15(18)21/h1-8H,9H2,(H2,18,21). The average molecular weight is 330 g/mol. The molecule has 7 heteroatoms. The first-order valence-electron chi connectivity index (χ1n) is 6.73. The van der Waals surface area contributed by atoms with E-state index >= 15 is 0 Å². The van der Waals surface area contributed by atoms with Gasteiger partial charge < -0.3 is 14.9 Å². The van der Waals surface area contributed by atoms with Gasteiger partial charge in [0.15, 0.2) is 0 Å². The number of primary amides is 1. The largest absolute Gasteiger partial charge is 0.456 e. The number of hydrogen-bond donors (Lipinski definition) is 1. The molecule has 0 aliphatic rings. The molecule has 0 bridgehead atoms. The number of halogens is 1. The molecule has 0 aliphatic carbocycles. The smallest absolute Gasteiger partial charge is 0.338 e. The van der Waals surface area contributed by atoms with Crippen LogP contribution >= 0.6 is 11.6 Å². The van der Waals surface area contributed by atoms with Crippen molar-refractivity contribution in [3.63, 3.8) is 0 Å². The second-order valence-corrected chi connectivity index (χ2v) is 5.30. The third-order valence-corrected chi connectivity index (χ3v) is 3.42. The molecule has 1 amide bonds. The second-order valence-electron chi connectivity index (χ2n) is 4.87. The molecule has 1 aromatic carbocycles. The summed E-state index contributed by atoms with van der Waals surface area (Å²) in [5, 5.41) is 0.585. The third-order valence-electron chi connectivity index (χ3n) is 3.20. The van der Waals surface area contributed by atoms with E-state index in [9.17, 15) is 9.59 Å². The molecular formula is C16H12ClN3O3. The molecule has 0 saturated heterocycles. The van der Waals surface area contributed by atoms with E-state index in [1.165, 1.54) is 12.1 Å². The van der Waals surface area contributed by atoms with Gasteiger partial charge in [-0.05, 0) is 30.3 Å². The van der Waals surface area contributed by atoms with Crippen molar-refractivity contribution in [2.45, 2.75) is 6.61 Å². The van der Waals surface area contributed by atoms with Gasteiger partial charge in [0.05, 0.1) is 16.3 Å². The van der Waals surface area contributed by atoms with Crippen LogP contribution in [0.5, 0.6) is 0 Å². The fourth-order valence-corrected chi connectivity index (χ4v) is 2.28. The number of carbonyl (C=O) groups is 2. The maximum Gasteiger partial charge on any atom is 0.338 e. The van der Waals surface area contributed by atoms with E-state index in [4.69, 9.17) is 22.1 Å². The first kappa shape index (κ1) is 15.1. The van der Waals surface area contributed by atoms with E-state index in [1.54, 1.807) is 41.1 Å². The van der Waals surface area contributed by atoms with E-state index in [0.29, 0.717) is 16.4 Å². The van der Waals surface area contributed by atoms with Gasteiger partial charge in [-0.15, -0.1) is 0 Å². The van der Waals surface area contributed by atoms with Crippen LogP contribution in [0.2, 0.25) is 5.02 Å². The van der Waals surface area contributed by atoms with Gasteiger partial charge in [0.2, 0.25) is 5.91 Å². The zero-order valence-electron chi connectivity index (χ0n) is 11.9. The van der Waals surface area contributed by atoms with Gasteiger partial charge in [0.25, 0.3) is 0 Å². The molecule has 0 radical (unpaired) electrons. The Morgan fingerprint density at radius 1 is 1.17 bits per heavy atom. The lowest BCUT2D eigenvalue weighted by Gasteiger charge is -2.03. The quantitative estimate of drug-likeness (QED) is 0.745. The Balaban J connectivity index is 1.72. The number of rotatable bonds is 4. The van der Waals surface area contributed by atoms with E-state index < -0.39 is 11.9 Å². The number of pyridine rings is 1. The van der Waals surface area contributed by atoms with Crippen LogP contribution in [0.25, 0.3) is 5.65 Å². The Hall–Kier alpha value is -2.86. The molecule has 0 spiro atoms. The predicted octanol–water partition coefficient (Wildman–Crippen LogP) is 2.44. The van der Waals surface area contributed by atoms with Crippen molar-refractivity contribution < 1.29 is 14.3 Å². The molecule has 2 aromatic heterocycles. The number of ether oxygens (including phenoxy) is 1. The lowest BCUT2D eigenvalue weighted by Crippen LogP contribution is -2.12. The summed E-state index contributed by atoms with van der Waals surface area (Å²) < 4.78 is 6.96. The molecule has 116 valence electrons. The van der Waals surface area contributed by atoms with Gasteiger partial charge in [-0.1, -0.05) is 17.7 Å². The molecule has 6 nitrogen and oxygen atoms in total. The van der Waals surface area contributed by atoms with Crippen molar-refractivity contribution in [1.82, 2.24) is 9.38 Å². The summed E-state index contributed by atoms with van der Waals surface area (Å²) in [6.07, 6.45) is 3.44. The van der Waals surface area contributed by atoms with Crippen molar-refractivity contribution in [3.8, 4) is 0 Å². The molecule has 0 saturated carbocycles. The highest BCUT2D eigenvalue weighted by atomic mass is 35.5. The van der Waals surface area contributed by atoms with E-state index in [1.807, 2.05) is 0 Å². The molecule has 0 unspecified atom stereocenters. The minimum absolute atomic E-state index is 0.0128. The zero-order chi connectivity index (χ0) is 16.4. The number of aromatic nitrogens is 2. The van der Waals surface area contributed by atoms with Crippen molar-refractivity contribution in [1.29, 1.82) is 0 Å². The Labute approximate surface area is 136 Å². The Bertz CT molecular complexity index is 904. The number of carbonyl (C=O) groups excluding carboxylic acids is 2. The highest BCUT2D eigenvalue weighted by Gasteiger charge is 2.11. The second kappa shape index (κ2) is 6.10. The first-order chi connectivity index (χ1) is 11.0. The number of imidazole rings is 1. The van der Waals surface area contributed by atoms with Crippen molar-refractivity contribution in [2.24, 2.45) is 5.73 Å². The van der Waals surface area contributed by atoms with Crippen molar-refractivity contribution in [3.05, 3.63) is 70.6 Å². The number of fused-ring (bicyclic) bond motifs is 1. The molecule has 2 N–H and O–H groups in total. The molecule has 0 atom stereocenters. The van der Waals surface area contributed by atoms with Crippen LogP contribution in [-0.4, -0.2) is 21.3 Å². The minimum atomic E-state index is -0.600. The maximum atomic E-state index is 12.0. The van der Waals surface area contributed by atoms with Gasteiger partial charge in [-0.3, -0.25) is 4.79 Å². The number of hydrogen-bond acceptors (Lipinski definition) is 4. The highest BCUT2D eigenvalue weighted by Crippen LogP contribution is 2.13. The number of nitrogens with zero attached hydrogens (tertiary/aromatic N) is 2. The van der Waals surface area contributed by atoms with E-state index in [-0.39, 0.29) is 17.7 Å². The summed E-state index contributed by atoms with van der Waals surface area (Å²) >= 11 is 5.90. The first-order valence-corrected chi connectivity index (χ1v) is 7.11. The van der Waals surface area contributed by atoms with Crippen LogP contribution in [0.1, 0.15) is 26.4 Å². The van der Waals surface area contributed by atoms with Gasteiger partial charge in [0, 0.05) is 18.0 Å². The number of amides is 1. The monoisotopic (exact) mass is 329 g/mol. The summed E-state index contributed by atoms with van der Waals surface area (Å²) in [6.45, 7) is 0.0128. The van der Waals surface area contributed by atoms with Gasteiger partial charge >= 0.3 is 5.97 Å².